The van der Waals surface area contributed by atoms with Crippen LogP contribution in [0.25, 0.3) is 0 Å². The molecule has 0 aliphatic rings. The quantitative estimate of drug-likeness (QED) is 0.759. The second kappa shape index (κ2) is 6.34. The molecule has 7 heteroatoms. The van der Waals surface area contributed by atoms with E-state index >= 15 is 0 Å². The lowest BCUT2D eigenvalue weighted by Crippen LogP contribution is -2.13. The lowest BCUT2D eigenvalue weighted by atomic mass is 10.3. The summed E-state index contributed by atoms with van der Waals surface area (Å²) in [4.78, 5) is 0.140. The van der Waals surface area contributed by atoms with Crippen LogP contribution in [-0.4, -0.2) is 13.7 Å². The van der Waals surface area contributed by atoms with E-state index in [4.69, 9.17) is 4.74 Å². The molecule has 0 aromatic heterocycles. The van der Waals surface area contributed by atoms with Gasteiger partial charge in [0.2, 0.25) is 0 Å². The lowest BCUT2D eigenvalue weighted by molar-refractivity contribution is 0.435. The first-order chi connectivity index (χ1) is 10.2. The summed E-state index contributed by atoms with van der Waals surface area (Å²) in [5, 5.41) is -0.555. The largest absolute Gasteiger partial charge is 0.453 e. The van der Waals surface area contributed by atoms with Crippen LogP contribution in [0.1, 0.15) is 13.8 Å². The summed E-state index contributed by atoms with van der Waals surface area (Å²) >= 11 is 3.20. The van der Waals surface area contributed by atoms with E-state index in [1.807, 2.05) is 0 Å². The van der Waals surface area contributed by atoms with Crippen molar-refractivity contribution in [3.05, 3.63) is 52.5 Å². The van der Waals surface area contributed by atoms with Crippen molar-refractivity contribution in [2.75, 3.05) is 0 Å². The van der Waals surface area contributed by atoms with E-state index in [-0.39, 0.29) is 16.4 Å². The van der Waals surface area contributed by atoms with E-state index in [1.54, 1.807) is 13.8 Å². The van der Waals surface area contributed by atoms with Gasteiger partial charge in [0, 0.05) is 6.07 Å². The molecule has 118 valence electrons. The fraction of sp³-hybridized carbons (Fsp3) is 0.200. The standard InChI is InChI=1S/C15H13BrF2O3S/c1-9(2)22(19,20)11-4-6-14(12(16)8-11)21-15-5-3-10(17)7-13(15)18/h3-9H,1-2H3. The third-order valence-corrected chi connectivity index (χ3v) is 5.74. The van der Waals surface area contributed by atoms with Crippen molar-refractivity contribution in [3.8, 4) is 11.5 Å². The molecule has 22 heavy (non-hydrogen) atoms. The Kier molecular flexibility index (Phi) is 4.87. The third-order valence-electron chi connectivity index (χ3n) is 2.97. The second-order valence-corrected chi connectivity index (χ2v) is 8.22. The number of benzene rings is 2. The minimum atomic E-state index is -3.41. The van der Waals surface area contributed by atoms with Crippen molar-refractivity contribution in [2.24, 2.45) is 0 Å². The molecule has 0 spiro atoms. The van der Waals surface area contributed by atoms with Gasteiger partial charge in [-0.3, -0.25) is 0 Å². The maximum Gasteiger partial charge on any atom is 0.180 e. The smallest absolute Gasteiger partial charge is 0.180 e. The molecule has 2 aromatic rings. The number of hydrogen-bond donors (Lipinski definition) is 0. The Balaban J connectivity index is 2.35. The van der Waals surface area contributed by atoms with Crippen LogP contribution < -0.4 is 4.74 Å². The first-order valence-electron chi connectivity index (χ1n) is 6.38. The fourth-order valence-corrected chi connectivity index (χ4v) is 3.39. The molecule has 0 unspecified atom stereocenters. The summed E-state index contributed by atoms with van der Waals surface area (Å²) in [5.41, 5.74) is 0. The highest BCUT2D eigenvalue weighted by atomic mass is 79.9. The zero-order valence-corrected chi connectivity index (χ0v) is 14.2. The molecule has 0 heterocycles. The third kappa shape index (κ3) is 3.47. The minimum absolute atomic E-state index is 0.140. The molecule has 0 bridgehead atoms. The maximum atomic E-state index is 13.6. The topological polar surface area (TPSA) is 43.4 Å². The molecule has 0 atom stereocenters. The van der Waals surface area contributed by atoms with Crippen molar-refractivity contribution in [2.45, 2.75) is 24.0 Å². The SMILES string of the molecule is CC(C)S(=O)(=O)c1ccc(Oc2ccc(F)cc2F)c(Br)c1. The summed E-state index contributed by atoms with van der Waals surface area (Å²) < 4.78 is 56.3. The molecule has 2 aromatic carbocycles. The average molecular weight is 391 g/mol. The van der Waals surface area contributed by atoms with Crippen molar-refractivity contribution in [1.29, 1.82) is 0 Å². The van der Waals surface area contributed by atoms with Gasteiger partial charge in [0.1, 0.15) is 11.6 Å². The van der Waals surface area contributed by atoms with Gasteiger partial charge in [-0.2, -0.15) is 0 Å². The van der Waals surface area contributed by atoms with Gasteiger partial charge in [0.25, 0.3) is 0 Å². The number of sulfone groups is 1. The van der Waals surface area contributed by atoms with Crippen LogP contribution in [0.2, 0.25) is 0 Å². The molecular weight excluding hydrogens is 378 g/mol. The molecule has 0 N–H and O–H groups in total. The van der Waals surface area contributed by atoms with E-state index in [2.05, 4.69) is 15.9 Å². The molecule has 0 radical (unpaired) electrons. The highest BCUT2D eigenvalue weighted by molar-refractivity contribution is 9.10. The van der Waals surface area contributed by atoms with Gasteiger partial charge in [-0.15, -0.1) is 0 Å². The van der Waals surface area contributed by atoms with Gasteiger partial charge in [-0.05, 0) is 60.1 Å². The second-order valence-electron chi connectivity index (χ2n) is 4.86. The molecule has 0 saturated heterocycles. The molecule has 0 saturated carbocycles. The summed E-state index contributed by atoms with van der Waals surface area (Å²) in [6.07, 6.45) is 0. The summed E-state index contributed by atoms with van der Waals surface area (Å²) in [6.45, 7) is 3.17. The highest BCUT2D eigenvalue weighted by Crippen LogP contribution is 2.33. The van der Waals surface area contributed by atoms with Gasteiger partial charge in [0.15, 0.2) is 21.4 Å². The maximum absolute atomic E-state index is 13.6. The normalized spacial score (nSPS) is 11.7. The Bertz CT molecular complexity index is 804. The molecule has 0 aliphatic carbocycles. The van der Waals surface area contributed by atoms with Crippen LogP contribution in [0.4, 0.5) is 8.78 Å². The van der Waals surface area contributed by atoms with Crippen LogP contribution in [-0.2, 0) is 9.84 Å². The van der Waals surface area contributed by atoms with Crippen LogP contribution in [0.15, 0.2) is 45.8 Å². The van der Waals surface area contributed by atoms with Gasteiger partial charge in [-0.1, -0.05) is 0 Å². The predicted octanol–water partition coefficient (Wildman–Crippen LogP) is 4.70. The van der Waals surface area contributed by atoms with Gasteiger partial charge < -0.3 is 4.74 Å². The van der Waals surface area contributed by atoms with E-state index in [0.29, 0.717) is 10.5 Å². The summed E-state index contributed by atoms with van der Waals surface area (Å²) in [6, 6.07) is 7.14. The fourth-order valence-electron chi connectivity index (χ4n) is 1.69. The Morgan fingerprint density at radius 1 is 1.05 bits per heavy atom. The highest BCUT2D eigenvalue weighted by Gasteiger charge is 2.20. The van der Waals surface area contributed by atoms with Crippen LogP contribution >= 0.6 is 15.9 Å². The first kappa shape index (κ1) is 16.9. The monoisotopic (exact) mass is 390 g/mol. The zero-order chi connectivity index (χ0) is 16.5. The predicted molar refractivity (Wildman–Crippen MR) is 82.9 cm³/mol. The Morgan fingerprint density at radius 2 is 1.68 bits per heavy atom. The Labute approximate surface area is 136 Å². The summed E-state index contributed by atoms with van der Waals surface area (Å²) in [7, 11) is -3.41. The van der Waals surface area contributed by atoms with E-state index in [1.165, 1.54) is 18.2 Å². The molecule has 0 fully saturated rings. The zero-order valence-electron chi connectivity index (χ0n) is 11.8. The van der Waals surface area contributed by atoms with Gasteiger partial charge >= 0.3 is 0 Å². The van der Waals surface area contributed by atoms with E-state index in [0.717, 1.165) is 12.1 Å². The number of halogens is 3. The summed E-state index contributed by atoms with van der Waals surface area (Å²) in [5.74, 6) is -1.47. The van der Waals surface area contributed by atoms with E-state index in [9.17, 15) is 17.2 Å². The Morgan fingerprint density at radius 3 is 2.23 bits per heavy atom. The number of ether oxygens (including phenoxy) is 1. The molecule has 0 aliphatic heterocycles. The van der Waals surface area contributed by atoms with Crippen molar-refractivity contribution in [1.82, 2.24) is 0 Å². The molecular formula is C15H13BrF2O3S. The van der Waals surface area contributed by atoms with Crippen LogP contribution in [0.5, 0.6) is 11.5 Å². The number of rotatable bonds is 4. The van der Waals surface area contributed by atoms with E-state index < -0.39 is 26.7 Å². The molecule has 3 nitrogen and oxygen atoms in total. The van der Waals surface area contributed by atoms with Crippen molar-refractivity contribution < 1.29 is 21.9 Å². The van der Waals surface area contributed by atoms with Crippen LogP contribution in [0.3, 0.4) is 0 Å². The minimum Gasteiger partial charge on any atom is -0.453 e. The van der Waals surface area contributed by atoms with Crippen molar-refractivity contribution >= 4 is 25.8 Å². The first-order valence-corrected chi connectivity index (χ1v) is 8.72. The van der Waals surface area contributed by atoms with Crippen LogP contribution in [0, 0.1) is 11.6 Å². The lowest BCUT2D eigenvalue weighted by Gasteiger charge is -2.12. The van der Waals surface area contributed by atoms with Crippen molar-refractivity contribution in [3.63, 3.8) is 0 Å². The van der Waals surface area contributed by atoms with Gasteiger partial charge in [0.05, 0.1) is 14.6 Å². The average Bonchev–Trinajstić information content (AvgIpc) is 2.43. The molecule has 0 amide bonds. The van der Waals surface area contributed by atoms with Gasteiger partial charge in [-0.25, -0.2) is 17.2 Å². The Hall–Kier alpha value is -1.47. The molecule has 2 rings (SSSR count). The number of hydrogen-bond acceptors (Lipinski definition) is 3.